The zero-order valence-electron chi connectivity index (χ0n) is 9.11. The maximum atomic E-state index is 13.2. The van der Waals surface area contributed by atoms with E-state index in [1.165, 1.54) is 0 Å². The van der Waals surface area contributed by atoms with Crippen LogP contribution >= 0.6 is 0 Å². The summed E-state index contributed by atoms with van der Waals surface area (Å²) in [7, 11) is 0. The van der Waals surface area contributed by atoms with Gasteiger partial charge in [-0.15, -0.1) is 0 Å². The quantitative estimate of drug-likeness (QED) is 0.823. The Kier molecular flexibility index (Phi) is 3.83. The first-order valence-corrected chi connectivity index (χ1v) is 4.80. The number of alkyl halides is 6. The molecule has 0 heterocycles. The second kappa shape index (κ2) is 4.64. The molecular weight excluding hydrogens is 283 g/mol. The lowest BCUT2D eigenvalue weighted by Crippen LogP contribution is -2.48. The fourth-order valence-electron chi connectivity index (χ4n) is 1.40. The minimum Gasteiger partial charge on any atom is -0.375 e. The number of halogens is 7. The molecule has 19 heavy (non-hydrogen) atoms. The predicted molar refractivity (Wildman–Crippen MR) is 50.4 cm³/mol. The van der Waals surface area contributed by atoms with Crippen molar-refractivity contribution in [2.24, 2.45) is 5.73 Å². The van der Waals surface area contributed by atoms with Gasteiger partial charge in [0.2, 0.25) is 0 Å². The van der Waals surface area contributed by atoms with E-state index in [1.54, 1.807) is 0 Å². The predicted octanol–water partition coefficient (Wildman–Crippen LogP) is 2.55. The standard InChI is InChI=1S/C10H8F7NO/c11-7-3-5(1-2-6(7)9(12,13)14)8(19,4-18)10(15,16)17/h1-3,19H,4,18H2. The number of hydrogen-bond donors (Lipinski definition) is 2. The Morgan fingerprint density at radius 3 is 1.89 bits per heavy atom. The molecule has 1 rings (SSSR count). The van der Waals surface area contributed by atoms with Gasteiger partial charge in [-0.2, -0.15) is 26.3 Å². The lowest BCUT2D eigenvalue weighted by Gasteiger charge is -2.29. The van der Waals surface area contributed by atoms with Gasteiger partial charge in [0.25, 0.3) is 0 Å². The molecule has 108 valence electrons. The summed E-state index contributed by atoms with van der Waals surface area (Å²) in [5.74, 6) is -1.92. The highest BCUT2D eigenvalue weighted by Crippen LogP contribution is 2.40. The van der Waals surface area contributed by atoms with Gasteiger partial charge in [-0.05, 0) is 17.7 Å². The molecule has 9 heteroatoms. The summed E-state index contributed by atoms with van der Waals surface area (Å²) in [5, 5.41) is 9.35. The molecule has 0 radical (unpaired) electrons. The van der Waals surface area contributed by atoms with Crippen molar-refractivity contribution in [2.45, 2.75) is 18.0 Å². The first-order chi connectivity index (χ1) is 8.43. The van der Waals surface area contributed by atoms with Crippen molar-refractivity contribution in [3.05, 3.63) is 35.1 Å². The summed E-state index contributed by atoms with van der Waals surface area (Å²) in [6.07, 6.45) is -10.3. The first kappa shape index (κ1) is 15.7. The van der Waals surface area contributed by atoms with Gasteiger partial charge in [0.15, 0.2) is 5.60 Å². The van der Waals surface area contributed by atoms with Gasteiger partial charge in [0, 0.05) is 6.54 Å². The van der Waals surface area contributed by atoms with Crippen molar-refractivity contribution in [3.63, 3.8) is 0 Å². The smallest absolute Gasteiger partial charge is 0.375 e. The highest BCUT2D eigenvalue weighted by molar-refractivity contribution is 5.31. The fraction of sp³-hybridized carbons (Fsp3) is 0.400. The van der Waals surface area contributed by atoms with Gasteiger partial charge in [-0.25, -0.2) is 4.39 Å². The van der Waals surface area contributed by atoms with Crippen LogP contribution in [0.2, 0.25) is 0 Å². The van der Waals surface area contributed by atoms with Gasteiger partial charge in [0.05, 0.1) is 5.56 Å². The lowest BCUT2D eigenvalue weighted by molar-refractivity contribution is -0.262. The van der Waals surface area contributed by atoms with Crippen molar-refractivity contribution >= 4 is 0 Å². The highest BCUT2D eigenvalue weighted by Gasteiger charge is 2.54. The maximum Gasteiger partial charge on any atom is 0.422 e. The van der Waals surface area contributed by atoms with E-state index in [-0.39, 0.29) is 12.1 Å². The SMILES string of the molecule is NCC(O)(c1ccc(C(F)(F)F)c(F)c1)C(F)(F)F. The molecule has 1 aromatic rings. The number of aliphatic hydroxyl groups is 1. The molecule has 0 amide bonds. The lowest BCUT2D eigenvalue weighted by atomic mass is 9.92. The van der Waals surface area contributed by atoms with Gasteiger partial charge < -0.3 is 10.8 Å². The largest absolute Gasteiger partial charge is 0.422 e. The van der Waals surface area contributed by atoms with E-state index < -0.39 is 41.4 Å². The summed E-state index contributed by atoms with van der Waals surface area (Å²) in [4.78, 5) is 0. The molecule has 0 bridgehead atoms. The van der Waals surface area contributed by atoms with Crippen LogP contribution in [-0.4, -0.2) is 17.8 Å². The van der Waals surface area contributed by atoms with Crippen LogP contribution in [0.5, 0.6) is 0 Å². The van der Waals surface area contributed by atoms with E-state index in [1.807, 2.05) is 0 Å². The molecule has 0 saturated heterocycles. The van der Waals surface area contributed by atoms with E-state index in [9.17, 15) is 35.8 Å². The Morgan fingerprint density at radius 1 is 1.05 bits per heavy atom. The summed E-state index contributed by atoms with van der Waals surface area (Å²) in [6, 6.07) is 0.437. The second-order valence-corrected chi connectivity index (χ2v) is 3.75. The molecule has 1 aromatic carbocycles. The molecule has 1 unspecified atom stereocenters. The Balaban J connectivity index is 3.35. The van der Waals surface area contributed by atoms with Crippen LogP contribution in [0.1, 0.15) is 11.1 Å². The normalized spacial score (nSPS) is 16.3. The molecule has 0 spiro atoms. The van der Waals surface area contributed by atoms with Gasteiger partial charge in [0.1, 0.15) is 5.82 Å². The minimum atomic E-state index is -5.24. The molecule has 1 atom stereocenters. The van der Waals surface area contributed by atoms with Crippen LogP contribution in [-0.2, 0) is 11.8 Å². The van der Waals surface area contributed by atoms with E-state index in [0.717, 1.165) is 0 Å². The average Bonchev–Trinajstić information content (AvgIpc) is 2.24. The van der Waals surface area contributed by atoms with Crippen molar-refractivity contribution in [2.75, 3.05) is 6.54 Å². The topological polar surface area (TPSA) is 46.2 Å². The van der Waals surface area contributed by atoms with Crippen molar-refractivity contribution < 1.29 is 35.8 Å². The first-order valence-electron chi connectivity index (χ1n) is 4.80. The van der Waals surface area contributed by atoms with Crippen LogP contribution in [0.15, 0.2) is 18.2 Å². The van der Waals surface area contributed by atoms with E-state index >= 15 is 0 Å². The summed E-state index contributed by atoms with van der Waals surface area (Å²) in [5.41, 5.74) is -1.63. The monoisotopic (exact) mass is 291 g/mol. The van der Waals surface area contributed by atoms with E-state index in [2.05, 4.69) is 0 Å². The second-order valence-electron chi connectivity index (χ2n) is 3.75. The van der Waals surface area contributed by atoms with E-state index in [0.29, 0.717) is 6.07 Å². The number of nitrogens with two attached hydrogens (primary N) is 1. The summed E-state index contributed by atoms with van der Waals surface area (Å²) >= 11 is 0. The molecule has 2 nitrogen and oxygen atoms in total. The van der Waals surface area contributed by atoms with Gasteiger partial charge >= 0.3 is 12.4 Å². The molecule has 0 fully saturated rings. The molecule has 0 aromatic heterocycles. The average molecular weight is 291 g/mol. The van der Waals surface area contributed by atoms with Crippen molar-refractivity contribution in [1.29, 1.82) is 0 Å². The molecular formula is C10H8F7NO. The molecule has 0 aliphatic heterocycles. The third-order valence-corrected chi connectivity index (χ3v) is 2.52. The number of rotatable bonds is 2. The highest BCUT2D eigenvalue weighted by atomic mass is 19.4. The van der Waals surface area contributed by atoms with Gasteiger partial charge in [-0.3, -0.25) is 0 Å². The number of benzene rings is 1. The summed E-state index contributed by atoms with van der Waals surface area (Å²) in [6.45, 7) is -1.35. The third-order valence-electron chi connectivity index (χ3n) is 2.52. The molecule has 0 aliphatic rings. The van der Waals surface area contributed by atoms with Crippen LogP contribution in [0.3, 0.4) is 0 Å². The summed E-state index contributed by atoms with van der Waals surface area (Å²) < 4.78 is 87.6. The number of hydrogen-bond acceptors (Lipinski definition) is 2. The Morgan fingerprint density at radius 2 is 1.58 bits per heavy atom. The molecule has 0 aliphatic carbocycles. The van der Waals surface area contributed by atoms with Crippen molar-refractivity contribution in [3.8, 4) is 0 Å². The maximum absolute atomic E-state index is 13.2. The van der Waals surface area contributed by atoms with E-state index in [4.69, 9.17) is 5.73 Å². The Hall–Kier alpha value is -1.35. The third kappa shape index (κ3) is 2.81. The van der Waals surface area contributed by atoms with Crippen LogP contribution in [0.4, 0.5) is 30.7 Å². The van der Waals surface area contributed by atoms with Crippen LogP contribution < -0.4 is 5.73 Å². The molecule has 3 N–H and O–H groups in total. The fourth-order valence-corrected chi connectivity index (χ4v) is 1.40. The van der Waals surface area contributed by atoms with Crippen LogP contribution in [0.25, 0.3) is 0 Å². The zero-order valence-corrected chi connectivity index (χ0v) is 9.11. The Bertz CT molecular complexity index is 468. The molecule has 0 saturated carbocycles. The van der Waals surface area contributed by atoms with Crippen LogP contribution in [0, 0.1) is 5.82 Å². The van der Waals surface area contributed by atoms with Crippen molar-refractivity contribution in [1.82, 2.24) is 0 Å². The zero-order chi connectivity index (χ0) is 15.1. The van der Waals surface area contributed by atoms with Gasteiger partial charge in [-0.1, -0.05) is 6.07 Å². The minimum absolute atomic E-state index is 0.0246. The Labute approximate surface area is 102 Å².